The van der Waals surface area contributed by atoms with Gasteiger partial charge in [-0.1, -0.05) is 11.6 Å². The minimum absolute atomic E-state index is 0.0507. The molecule has 0 aliphatic carbocycles. The fourth-order valence-electron chi connectivity index (χ4n) is 1.84. The molecular weight excluding hydrogens is 254 g/mol. The van der Waals surface area contributed by atoms with Gasteiger partial charge < -0.3 is 15.4 Å². The fourth-order valence-corrected chi connectivity index (χ4v) is 2.03. The Kier molecular flexibility index (Phi) is 4.52. The molecule has 98 valence electrons. The number of nitrogens with one attached hydrogen (secondary N) is 2. The predicted octanol–water partition coefficient (Wildman–Crippen LogP) is 1.36. The third kappa shape index (κ3) is 3.66. The molecule has 2 heterocycles. The third-order valence-electron chi connectivity index (χ3n) is 2.76. The molecule has 1 aliphatic rings. The lowest BCUT2D eigenvalue weighted by atomic mass is 10.2. The SMILES string of the molecule is Cc1nc(Cl)ccc1NC(=O)CC1COCCN1. The Hall–Kier alpha value is -1.17. The summed E-state index contributed by atoms with van der Waals surface area (Å²) < 4.78 is 5.30. The molecule has 1 aromatic heterocycles. The number of carbonyl (C=O) groups excluding carboxylic acids is 1. The van der Waals surface area contributed by atoms with Crippen LogP contribution in [0.5, 0.6) is 0 Å². The monoisotopic (exact) mass is 269 g/mol. The topological polar surface area (TPSA) is 63.2 Å². The van der Waals surface area contributed by atoms with Gasteiger partial charge in [0, 0.05) is 19.0 Å². The highest BCUT2D eigenvalue weighted by molar-refractivity contribution is 6.29. The van der Waals surface area contributed by atoms with Crippen molar-refractivity contribution in [1.29, 1.82) is 0 Å². The molecule has 1 fully saturated rings. The van der Waals surface area contributed by atoms with E-state index in [0.717, 1.165) is 6.54 Å². The number of aromatic nitrogens is 1. The van der Waals surface area contributed by atoms with Crippen LogP contribution in [0.1, 0.15) is 12.1 Å². The first kappa shape index (κ1) is 13.3. The van der Waals surface area contributed by atoms with Gasteiger partial charge in [-0.15, -0.1) is 0 Å². The predicted molar refractivity (Wildman–Crippen MR) is 69.8 cm³/mol. The van der Waals surface area contributed by atoms with Crippen LogP contribution in [-0.4, -0.2) is 36.7 Å². The highest BCUT2D eigenvalue weighted by Gasteiger charge is 2.17. The van der Waals surface area contributed by atoms with Crippen LogP contribution in [0.2, 0.25) is 5.15 Å². The van der Waals surface area contributed by atoms with Crippen molar-refractivity contribution < 1.29 is 9.53 Å². The van der Waals surface area contributed by atoms with Gasteiger partial charge >= 0.3 is 0 Å². The second kappa shape index (κ2) is 6.13. The number of morpholine rings is 1. The Bertz CT molecular complexity index is 433. The molecule has 1 saturated heterocycles. The van der Waals surface area contributed by atoms with E-state index in [4.69, 9.17) is 16.3 Å². The maximum Gasteiger partial charge on any atom is 0.226 e. The van der Waals surface area contributed by atoms with Crippen LogP contribution in [0.4, 0.5) is 5.69 Å². The van der Waals surface area contributed by atoms with Gasteiger partial charge in [0.2, 0.25) is 5.91 Å². The molecule has 1 aromatic rings. The zero-order valence-electron chi connectivity index (χ0n) is 10.2. The quantitative estimate of drug-likeness (QED) is 0.814. The minimum Gasteiger partial charge on any atom is -0.378 e. The molecule has 1 atom stereocenters. The summed E-state index contributed by atoms with van der Waals surface area (Å²) in [6.07, 6.45) is 0.391. The van der Waals surface area contributed by atoms with Gasteiger partial charge in [0.15, 0.2) is 0 Å². The standard InChI is InChI=1S/C12H16ClN3O2/c1-8-10(2-3-11(13)15-8)16-12(17)6-9-7-18-5-4-14-9/h2-3,9,14H,4-7H2,1H3,(H,16,17). The van der Waals surface area contributed by atoms with Crippen LogP contribution < -0.4 is 10.6 Å². The number of rotatable bonds is 3. The summed E-state index contributed by atoms with van der Waals surface area (Å²) >= 11 is 5.76. The Morgan fingerprint density at radius 2 is 2.50 bits per heavy atom. The van der Waals surface area contributed by atoms with Crippen molar-refractivity contribution >= 4 is 23.2 Å². The van der Waals surface area contributed by atoms with Gasteiger partial charge in [0.25, 0.3) is 0 Å². The third-order valence-corrected chi connectivity index (χ3v) is 2.97. The first-order valence-electron chi connectivity index (χ1n) is 5.89. The highest BCUT2D eigenvalue weighted by atomic mass is 35.5. The molecule has 1 unspecified atom stereocenters. The van der Waals surface area contributed by atoms with Gasteiger partial charge in [-0.3, -0.25) is 4.79 Å². The number of ether oxygens (including phenoxy) is 1. The van der Waals surface area contributed by atoms with E-state index in [1.807, 2.05) is 6.92 Å². The molecule has 2 rings (SSSR count). The number of halogens is 1. The number of aryl methyl sites for hydroxylation is 1. The average molecular weight is 270 g/mol. The van der Waals surface area contributed by atoms with E-state index >= 15 is 0 Å². The Morgan fingerprint density at radius 3 is 3.17 bits per heavy atom. The molecule has 2 N–H and O–H groups in total. The largest absolute Gasteiger partial charge is 0.378 e. The second-order valence-corrected chi connectivity index (χ2v) is 4.63. The van der Waals surface area contributed by atoms with Crippen molar-refractivity contribution in [3.8, 4) is 0 Å². The number of carbonyl (C=O) groups is 1. The maximum absolute atomic E-state index is 11.9. The molecule has 6 heteroatoms. The summed E-state index contributed by atoms with van der Waals surface area (Å²) in [4.78, 5) is 15.9. The van der Waals surface area contributed by atoms with Crippen LogP contribution in [-0.2, 0) is 9.53 Å². The lowest BCUT2D eigenvalue weighted by Gasteiger charge is -2.23. The maximum atomic E-state index is 11.9. The summed E-state index contributed by atoms with van der Waals surface area (Å²) in [5.41, 5.74) is 1.41. The van der Waals surface area contributed by atoms with E-state index < -0.39 is 0 Å². The molecule has 18 heavy (non-hydrogen) atoms. The Morgan fingerprint density at radius 1 is 1.67 bits per heavy atom. The number of hydrogen-bond acceptors (Lipinski definition) is 4. The van der Waals surface area contributed by atoms with Crippen molar-refractivity contribution in [2.75, 3.05) is 25.1 Å². The molecule has 0 spiro atoms. The van der Waals surface area contributed by atoms with Crippen molar-refractivity contribution in [3.63, 3.8) is 0 Å². The first-order chi connectivity index (χ1) is 8.65. The lowest BCUT2D eigenvalue weighted by molar-refractivity contribution is -0.117. The summed E-state index contributed by atoms with van der Waals surface area (Å²) in [5.74, 6) is -0.0507. The summed E-state index contributed by atoms with van der Waals surface area (Å²) in [6.45, 7) is 3.88. The van der Waals surface area contributed by atoms with E-state index in [9.17, 15) is 4.79 Å². The zero-order valence-corrected chi connectivity index (χ0v) is 11.0. The average Bonchev–Trinajstić information content (AvgIpc) is 2.34. The molecule has 0 saturated carbocycles. The second-order valence-electron chi connectivity index (χ2n) is 4.25. The van der Waals surface area contributed by atoms with Crippen molar-refractivity contribution in [2.24, 2.45) is 0 Å². The number of pyridine rings is 1. The van der Waals surface area contributed by atoms with Crippen molar-refractivity contribution in [1.82, 2.24) is 10.3 Å². The van der Waals surface area contributed by atoms with Gasteiger partial charge in [-0.2, -0.15) is 0 Å². The van der Waals surface area contributed by atoms with Gasteiger partial charge in [-0.25, -0.2) is 4.98 Å². The summed E-state index contributed by atoms with van der Waals surface area (Å²) in [7, 11) is 0. The molecule has 0 bridgehead atoms. The van der Waals surface area contributed by atoms with Crippen LogP contribution in [0.15, 0.2) is 12.1 Å². The molecule has 1 amide bonds. The molecule has 0 aromatic carbocycles. The number of anilines is 1. The van der Waals surface area contributed by atoms with Crippen LogP contribution in [0.3, 0.4) is 0 Å². The van der Waals surface area contributed by atoms with Crippen molar-refractivity contribution in [2.45, 2.75) is 19.4 Å². The van der Waals surface area contributed by atoms with E-state index in [0.29, 0.717) is 36.2 Å². The van der Waals surface area contributed by atoms with Crippen molar-refractivity contribution in [3.05, 3.63) is 23.0 Å². The van der Waals surface area contributed by atoms with Crippen LogP contribution in [0, 0.1) is 6.92 Å². The Labute approximate surface area is 111 Å². The Balaban J connectivity index is 1.90. The molecular formula is C12H16ClN3O2. The van der Waals surface area contributed by atoms with Gasteiger partial charge in [0.05, 0.1) is 24.6 Å². The van der Waals surface area contributed by atoms with E-state index in [2.05, 4.69) is 15.6 Å². The smallest absolute Gasteiger partial charge is 0.226 e. The zero-order chi connectivity index (χ0) is 13.0. The molecule has 5 nitrogen and oxygen atoms in total. The number of amides is 1. The van der Waals surface area contributed by atoms with Gasteiger partial charge in [0.1, 0.15) is 5.15 Å². The van der Waals surface area contributed by atoms with E-state index in [1.165, 1.54) is 0 Å². The highest BCUT2D eigenvalue weighted by Crippen LogP contribution is 2.16. The van der Waals surface area contributed by atoms with Gasteiger partial charge in [-0.05, 0) is 19.1 Å². The lowest BCUT2D eigenvalue weighted by Crippen LogP contribution is -2.43. The summed E-state index contributed by atoms with van der Waals surface area (Å²) in [5, 5.41) is 6.49. The van der Waals surface area contributed by atoms with E-state index in [-0.39, 0.29) is 11.9 Å². The minimum atomic E-state index is -0.0507. The number of hydrogen-bond donors (Lipinski definition) is 2. The molecule has 1 aliphatic heterocycles. The fraction of sp³-hybridized carbons (Fsp3) is 0.500. The van der Waals surface area contributed by atoms with Crippen LogP contribution in [0.25, 0.3) is 0 Å². The number of nitrogens with zero attached hydrogens (tertiary/aromatic N) is 1. The first-order valence-corrected chi connectivity index (χ1v) is 6.27. The van der Waals surface area contributed by atoms with Crippen LogP contribution >= 0.6 is 11.6 Å². The van der Waals surface area contributed by atoms with E-state index in [1.54, 1.807) is 12.1 Å². The molecule has 0 radical (unpaired) electrons. The summed E-state index contributed by atoms with van der Waals surface area (Å²) in [6, 6.07) is 3.50. The normalized spacial score (nSPS) is 19.6.